The summed E-state index contributed by atoms with van der Waals surface area (Å²) in [6.45, 7) is 0.394. The summed E-state index contributed by atoms with van der Waals surface area (Å²) in [4.78, 5) is 11.3. The number of carbonyl (C=O) groups excluding carboxylic acids is 1. The molecule has 1 aromatic rings. The number of ether oxygens (including phenoxy) is 2. The van der Waals surface area contributed by atoms with Crippen molar-refractivity contribution in [3.05, 3.63) is 39.9 Å². The molecule has 0 N–H and O–H groups in total. The lowest BCUT2D eigenvalue weighted by Gasteiger charge is -2.06. The molecule has 16 heavy (non-hydrogen) atoms. The van der Waals surface area contributed by atoms with E-state index in [0.29, 0.717) is 13.0 Å². The molecule has 1 aliphatic rings. The highest BCUT2D eigenvalue weighted by Crippen LogP contribution is 2.27. The second kappa shape index (κ2) is 4.70. The number of esters is 1. The molecule has 4 heteroatoms. The number of cyclic esters (lactones) is 1. The molecule has 0 fully saturated rings. The van der Waals surface area contributed by atoms with Crippen LogP contribution in [0.15, 0.2) is 34.3 Å². The first-order chi connectivity index (χ1) is 7.70. The molecule has 84 valence electrons. The van der Waals surface area contributed by atoms with E-state index in [0.717, 1.165) is 21.4 Å². The minimum atomic E-state index is -0.216. The normalized spacial score (nSPS) is 14.6. The Balaban J connectivity index is 2.16. The Morgan fingerprint density at radius 2 is 2.31 bits per heavy atom. The fourth-order valence-electron chi connectivity index (χ4n) is 1.58. The summed E-state index contributed by atoms with van der Waals surface area (Å²) < 4.78 is 10.9. The molecule has 0 spiro atoms. The van der Waals surface area contributed by atoms with Crippen LogP contribution in [-0.2, 0) is 16.0 Å². The maximum absolute atomic E-state index is 11.3. The van der Waals surface area contributed by atoms with E-state index in [1.54, 1.807) is 7.11 Å². The maximum Gasteiger partial charge on any atom is 0.334 e. The van der Waals surface area contributed by atoms with Gasteiger partial charge in [0.05, 0.1) is 11.6 Å². The standard InChI is InChI=1S/C12H11BrO3/c1-15-11-3-2-8(7-10(11)13)6-9-4-5-16-12(9)14/h2-4,7H,5-6H2,1H3. The van der Waals surface area contributed by atoms with E-state index >= 15 is 0 Å². The lowest BCUT2D eigenvalue weighted by molar-refractivity contribution is -0.136. The van der Waals surface area contributed by atoms with Gasteiger partial charge in [-0.15, -0.1) is 0 Å². The fraction of sp³-hybridized carbons (Fsp3) is 0.250. The van der Waals surface area contributed by atoms with Gasteiger partial charge in [-0.1, -0.05) is 6.07 Å². The fourth-order valence-corrected chi connectivity index (χ4v) is 2.17. The number of methoxy groups -OCH3 is 1. The molecular formula is C12H11BrO3. The molecule has 1 aromatic carbocycles. The highest BCUT2D eigenvalue weighted by Gasteiger charge is 2.17. The lowest BCUT2D eigenvalue weighted by atomic mass is 10.1. The van der Waals surface area contributed by atoms with Crippen LogP contribution in [0.5, 0.6) is 5.75 Å². The molecule has 0 aromatic heterocycles. The van der Waals surface area contributed by atoms with Crippen LogP contribution in [0.2, 0.25) is 0 Å². The number of carbonyl (C=O) groups is 1. The lowest BCUT2D eigenvalue weighted by Crippen LogP contribution is -2.02. The zero-order valence-corrected chi connectivity index (χ0v) is 10.4. The minimum absolute atomic E-state index is 0.216. The summed E-state index contributed by atoms with van der Waals surface area (Å²) >= 11 is 3.41. The van der Waals surface area contributed by atoms with Crippen LogP contribution in [0.4, 0.5) is 0 Å². The van der Waals surface area contributed by atoms with Crippen LogP contribution in [0.1, 0.15) is 5.56 Å². The molecule has 0 saturated carbocycles. The van der Waals surface area contributed by atoms with Crippen molar-refractivity contribution in [3.8, 4) is 5.75 Å². The largest absolute Gasteiger partial charge is 0.496 e. The molecule has 0 radical (unpaired) electrons. The smallest absolute Gasteiger partial charge is 0.334 e. The van der Waals surface area contributed by atoms with E-state index in [1.165, 1.54) is 0 Å². The van der Waals surface area contributed by atoms with Gasteiger partial charge in [-0.2, -0.15) is 0 Å². The molecule has 0 saturated heterocycles. The predicted molar refractivity (Wildman–Crippen MR) is 63.4 cm³/mol. The van der Waals surface area contributed by atoms with Crippen molar-refractivity contribution >= 4 is 21.9 Å². The highest BCUT2D eigenvalue weighted by atomic mass is 79.9. The van der Waals surface area contributed by atoms with Gasteiger partial charge in [-0.05, 0) is 39.7 Å². The van der Waals surface area contributed by atoms with E-state index in [1.807, 2.05) is 24.3 Å². The summed E-state index contributed by atoms with van der Waals surface area (Å²) in [5.74, 6) is 0.568. The van der Waals surface area contributed by atoms with Crippen molar-refractivity contribution in [3.63, 3.8) is 0 Å². The van der Waals surface area contributed by atoms with E-state index in [2.05, 4.69) is 15.9 Å². The highest BCUT2D eigenvalue weighted by molar-refractivity contribution is 9.10. The summed E-state index contributed by atoms with van der Waals surface area (Å²) in [5.41, 5.74) is 1.77. The van der Waals surface area contributed by atoms with Crippen molar-refractivity contribution in [2.75, 3.05) is 13.7 Å². The van der Waals surface area contributed by atoms with Crippen molar-refractivity contribution < 1.29 is 14.3 Å². The van der Waals surface area contributed by atoms with Gasteiger partial charge >= 0.3 is 5.97 Å². The zero-order chi connectivity index (χ0) is 11.5. The van der Waals surface area contributed by atoms with Crippen LogP contribution in [0.25, 0.3) is 0 Å². The molecule has 3 nitrogen and oxygen atoms in total. The first kappa shape index (κ1) is 11.2. The predicted octanol–water partition coefficient (Wildman–Crippen LogP) is 2.48. The van der Waals surface area contributed by atoms with Gasteiger partial charge in [0.1, 0.15) is 12.4 Å². The van der Waals surface area contributed by atoms with Gasteiger partial charge in [-0.3, -0.25) is 0 Å². The Morgan fingerprint density at radius 1 is 1.50 bits per heavy atom. The third-order valence-corrected chi connectivity index (χ3v) is 3.04. The number of benzene rings is 1. The summed E-state index contributed by atoms with van der Waals surface area (Å²) in [7, 11) is 1.62. The van der Waals surface area contributed by atoms with Crippen LogP contribution >= 0.6 is 15.9 Å². The molecule has 1 aliphatic heterocycles. The third-order valence-electron chi connectivity index (χ3n) is 2.42. The number of hydrogen-bond donors (Lipinski definition) is 0. The monoisotopic (exact) mass is 282 g/mol. The van der Waals surface area contributed by atoms with Gasteiger partial charge in [0.15, 0.2) is 0 Å². The second-order valence-corrected chi connectivity index (χ2v) is 4.33. The average Bonchev–Trinajstić information content (AvgIpc) is 2.65. The number of halogens is 1. The first-order valence-corrected chi connectivity index (χ1v) is 5.68. The molecule has 0 atom stereocenters. The molecule has 0 aliphatic carbocycles. The zero-order valence-electron chi connectivity index (χ0n) is 8.83. The van der Waals surface area contributed by atoms with Gasteiger partial charge in [0, 0.05) is 12.0 Å². The molecule has 0 unspecified atom stereocenters. The van der Waals surface area contributed by atoms with Gasteiger partial charge in [0.25, 0.3) is 0 Å². The second-order valence-electron chi connectivity index (χ2n) is 3.47. The average molecular weight is 283 g/mol. The van der Waals surface area contributed by atoms with E-state index < -0.39 is 0 Å². The molecule has 0 amide bonds. The van der Waals surface area contributed by atoms with Gasteiger partial charge in [-0.25, -0.2) is 4.79 Å². The van der Waals surface area contributed by atoms with Crippen LogP contribution in [0, 0.1) is 0 Å². The van der Waals surface area contributed by atoms with Crippen LogP contribution in [0.3, 0.4) is 0 Å². The summed E-state index contributed by atoms with van der Waals surface area (Å²) in [6.07, 6.45) is 2.42. The maximum atomic E-state index is 11.3. The third kappa shape index (κ3) is 2.27. The van der Waals surface area contributed by atoms with Gasteiger partial charge < -0.3 is 9.47 Å². The minimum Gasteiger partial charge on any atom is -0.496 e. The van der Waals surface area contributed by atoms with Crippen molar-refractivity contribution in [2.24, 2.45) is 0 Å². The van der Waals surface area contributed by atoms with Crippen LogP contribution < -0.4 is 4.74 Å². The number of rotatable bonds is 3. The number of hydrogen-bond acceptors (Lipinski definition) is 3. The molecular weight excluding hydrogens is 272 g/mol. The van der Waals surface area contributed by atoms with Crippen molar-refractivity contribution in [1.29, 1.82) is 0 Å². The first-order valence-electron chi connectivity index (χ1n) is 4.89. The van der Waals surface area contributed by atoms with E-state index in [-0.39, 0.29) is 5.97 Å². The summed E-state index contributed by atoms with van der Waals surface area (Å²) in [5, 5.41) is 0. The Bertz CT molecular complexity index is 452. The summed E-state index contributed by atoms with van der Waals surface area (Å²) in [6, 6.07) is 5.77. The van der Waals surface area contributed by atoms with Crippen LogP contribution in [-0.4, -0.2) is 19.7 Å². The Morgan fingerprint density at radius 3 is 2.88 bits per heavy atom. The molecule has 1 heterocycles. The van der Waals surface area contributed by atoms with E-state index in [9.17, 15) is 4.79 Å². The van der Waals surface area contributed by atoms with Crippen molar-refractivity contribution in [2.45, 2.75) is 6.42 Å². The van der Waals surface area contributed by atoms with Gasteiger partial charge in [0.2, 0.25) is 0 Å². The van der Waals surface area contributed by atoms with Crippen molar-refractivity contribution in [1.82, 2.24) is 0 Å². The quantitative estimate of drug-likeness (QED) is 0.799. The Hall–Kier alpha value is -1.29. The Kier molecular flexibility index (Phi) is 3.29. The Labute approximate surface area is 102 Å². The topological polar surface area (TPSA) is 35.5 Å². The molecule has 2 rings (SSSR count). The molecule has 0 bridgehead atoms. The van der Waals surface area contributed by atoms with E-state index in [4.69, 9.17) is 9.47 Å². The SMILES string of the molecule is COc1ccc(CC2=CCOC2=O)cc1Br.